The molecule has 0 radical (unpaired) electrons. The Labute approximate surface area is 209 Å². The minimum absolute atomic E-state index is 0.0655. The molecule has 36 heavy (non-hydrogen) atoms. The number of carbonyl (C=O) groups excluding carboxylic acids is 2. The molecule has 5 aliphatic rings. The lowest BCUT2D eigenvalue weighted by molar-refractivity contribution is -0.148. The van der Waals surface area contributed by atoms with E-state index in [4.69, 9.17) is 4.74 Å². The molecule has 2 aromatic carbocycles. The molecule has 8 heteroatoms. The number of amides is 2. The minimum Gasteiger partial charge on any atom is -0.443 e. The Kier molecular flexibility index (Phi) is 5.74. The first-order valence-corrected chi connectivity index (χ1v) is 12.8. The predicted molar refractivity (Wildman–Crippen MR) is 129 cm³/mol. The third-order valence-electron chi connectivity index (χ3n) is 8.56. The van der Waals surface area contributed by atoms with Crippen molar-refractivity contribution in [2.75, 3.05) is 6.54 Å². The SMILES string of the molecule is O=C(NCc1ccc(F)cc1F)OC12CC3CC(CC(NCC(=O)N4Cc5ccccc5C4)(C3)C1)C2. The van der Waals surface area contributed by atoms with Gasteiger partial charge in [0.2, 0.25) is 5.91 Å². The maximum atomic E-state index is 13.9. The fourth-order valence-corrected chi connectivity index (χ4v) is 7.45. The summed E-state index contributed by atoms with van der Waals surface area (Å²) in [5, 5.41) is 6.25. The van der Waals surface area contributed by atoms with Crippen LogP contribution >= 0.6 is 0 Å². The third-order valence-corrected chi connectivity index (χ3v) is 8.56. The zero-order valence-corrected chi connectivity index (χ0v) is 20.2. The number of nitrogens with zero attached hydrogens (tertiary/aromatic N) is 1. The Hall–Kier alpha value is -3.00. The number of alkyl carbamates (subject to hydrolysis) is 1. The van der Waals surface area contributed by atoms with E-state index in [1.54, 1.807) is 0 Å². The van der Waals surface area contributed by atoms with Crippen molar-refractivity contribution in [1.82, 2.24) is 15.5 Å². The van der Waals surface area contributed by atoms with Crippen molar-refractivity contribution >= 4 is 12.0 Å². The van der Waals surface area contributed by atoms with Gasteiger partial charge in [-0.15, -0.1) is 0 Å². The molecule has 0 spiro atoms. The Bertz CT molecular complexity index is 1160. The van der Waals surface area contributed by atoms with Gasteiger partial charge in [-0.2, -0.15) is 0 Å². The van der Waals surface area contributed by atoms with Crippen molar-refractivity contribution in [2.45, 2.75) is 69.3 Å². The molecular formula is C28H31F2N3O3. The summed E-state index contributed by atoms with van der Waals surface area (Å²) in [6.07, 6.45) is 4.85. The third kappa shape index (κ3) is 4.47. The normalized spacial score (nSPS) is 29.8. The van der Waals surface area contributed by atoms with Crippen molar-refractivity contribution < 1.29 is 23.1 Å². The van der Waals surface area contributed by atoms with Crippen LogP contribution in [0.5, 0.6) is 0 Å². The fraction of sp³-hybridized carbons (Fsp3) is 0.500. The predicted octanol–water partition coefficient (Wildman–Crippen LogP) is 4.41. The number of rotatable bonds is 6. The van der Waals surface area contributed by atoms with Crippen LogP contribution in [0.15, 0.2) is 42.5 Å². The molecule has 1 heterocycles. The van der Waals surface area contributed by atoms with E-state index in [0.717, 1.165) is 38.2 Å². The van der Waals surface area contributed by atoms with Gasteiger partial charge in [0.1, 0.15) is 17.2 Å². The molecule has 2 amide bonds. The van der Waals surface area contributed by atoms with Gasteiger partial charge in [-0.25, -0.2) is 13.6 Å². The summed E-state index contributed by atoms with van der Waals surface area (Å²) in [5.74, 6) is -0.354. The molecule has 4 fully saturated rings. The van der Waals surface area contributed by atoms with Crippen LogP contribution < -0.4 is 10.6 Å². The summed E-state index contributed by atoms with van der Waals surface area (Å²) in [5.41, 5.74) is 1.84. The first-order chi connectivity index (χ1) is 17.3. The molecule has 2 atom stereocenters. The number of fused-ring (bicyclic) bond motifs is 1. The number of halogens is 2. The summed E-state index contributed by atoms with van der Waals surface area (Å²) < 4.78 is 33.1. The molecule has 190 valence electrons. The lowest BCUT2D eigenvalue weighted by atomic mass is 9.51. The van der Waals surface area contributed by atoms with Crippen LogP contribution in [0.3, 0.4) is 0 Å². The van der Waals surface area contributed by atoms with Gasteiger partial charge in [0.05, 0.1) is 6.54 Å². The van der Waals surface area contributed by atoms with Crippen LogP contribution in [0.2, 0.25) is 0 Å². The fourth-order valence-electron chi connectivity index (χ4n) is 7.45. The van der Waals surface area contributed by atoms with E-state index in [9.17, 15) is 18.4 Å². The molecule has 4 bridgehead atoms. The summed E-state index contributed by atoms with van der Waals surface area (Å²) in [4.78, 5) is 27.7. The zero-order chi connectivity index (χ0) is 24.9. The first kappa shape index (κ1) is 23.4. The lowest BCUT2D eigenvalue weighted by Crippen LogP contribution is -2.66. The second-order valence-electron chi connectivity index (χ2n) is 11.3. The molecule has 4 aliphatic carbocycles. The van der Waals surface area contributed by atoms with Crippen LogP contribution in [-0.2, 0) is 29.2 Å². The van der Waals surface area contributed by atoms with E-state index < -0.39 is 23.3 Å². The average molecular weight is 496 g/mol. The van der Waals surface area contributed by atoms with Gasteiger partial charge in [0.25, 0.3) is 0 Å². The molecular weight excluding hydrogens is 464 g/mol. The van der Waals surface area contributed by atoms with Gasteiger partial charge in [-0.05, 0) is 61.1 Å². The molecule has 4 saturated carbocycles. The van der Waals surface area contributed by atoms with Gasteiger partial charge < -0.3 is 20.3 Å². The number of carbonyl (C=O) groups is 2. The highest BCUT2D eigenvalue weighted by molar-refractivity contribution is 5.79. The van der Waals surface area contributed by atoms with Gasteiger partial charge in [-0.3, -0.25) is 4.79 Å². The average Bonchev–Trinajstić information content (AvgIpc) is 3.25. The van der Waals surface area contributed by atoms with Gasteiger partial charge in [0, 0.05) is 43.2 Å². The van der Waals surface area contributed by atoms with Crippen LogP contribution in [0.1, 0.15) is 55.2 Å². The Balaban J connectivity index is 1.08. The summed E-state index contributed by atoms with van der Waals surface area (Å²) in [6.45, 7) is 1.51. The van der Waals surface area contributed by atoms with Crippen LogP contribution in [0, 0.1) is 23.5 Å². The van der Waals surface area contributed by atoms with Crippen molar-refractivity contribution in [3.63, 3.8) is 0 Å². The summed E-state index contributed by atoms with van der Waals surface area (Å²) in [6, 6.07) is 11.5. The smallest absolute Gasteiger partial charge is 0.407 e. The highest BCUT2D eigenvalue weighted by Crippen LogP contribution is 2.58. The number of nitrogens with one attached hydrogen (secondary N) is 2. The molecule has 7 rings (SSSR count). The number of ether oxygens (including phenoxy) is 1. The van der Waals surface area contributed by atoms with Crippen molar-refractivity contribution in [1.29, 1.82) is 0 Å². The van der Waals surface area contributed by atoms with Crippen LogP contribution in [0.4, 0.5) is 13.6 Å². The molecule has 0 saturated heterocycles. The van der Waals surface area contributed by atoms with Crippen molar-refractivity contribution in [2.24, 2.45) is 11.8 Å². The number of hydrogen-bond acceptors (Lipinski definition) is 4. The molecule has 0 aromatic heterocycles. The molecule has 2 N–H and O–H groups in total. The number of hydrogen-bond donors (Lipinski definition) is 2. The first-order valence-electron chi connectivity index (χ1n) is 12.8. The van der Waals surface area contributed by atoms with Crippen LogP contribution in [0.25, 0.3) is 0 Å². The van der Waals surface area contributed by atoms with E-state index >= 15 is 0 Å². The monoisotopic (exact) mass is 495 g/mol. The second-order valence-corrected chi connectivity index (χ2v) is 11.3. The van der Waals surface area contributed by atoms with E-state index in [1.807, 2.05) is 17.0 Å². The lowest BCUT2D eigenvalue weighted by Gasteiger charge is -2.61. The van der Waals surface area contributed by atoms with E-state index in [-0.39, 0.29) is 30.1 Å². The highest BCUT2D eigenvalue weighted by atomic mass is 19.1. The Morgan fingerprint density at radius 2 is 1.69 bits per heavy atom. The van der Waals surface area contributed by atoms with Gasteiger partial charge >= 0.3 is 6.09 Å². The summed E-state index contributed by atoms with van der Waals surface area (Å²) in [7, 11) is 0. The maximum Gasteiger partial charge on any atom is 0.407 e. The maximum absolute atomic E-state index is 13.9. The molecule has 6 nitrogen and oxygen atoms in total. The van der Waals surface area contributed by atoms with Crippen LogP contribution in [-0.4, -0.2) is 34.6 Å². The molecule has 2 aromatic rings. The number of benzene rings is 2. The minimum atomic E-state index is -0.695. The molecule has 2 unspecified atom stereocenters. The van der Waals surface area contributed by atoms with E-state index in [2.05, 4.69) is 22.8 Å². The zero-order valence-electron chi connectivity index (χ0n) is 20.2. The van der Waals surface area contributed by atoms with Gasteiger partial charge in [0.15, 0.2) is 0 Å². The summed E-state index contributed by atoms with van der Waals surface area (Å²) >= 11 is 0. The molecule has 1 aliphatic heterocycles. The van der Waals surface area contributed by atoms with Gasteiger partial charge in [-0.1, -0.05) is 30.3 Å². The quantitative estimate of drug-likeness (QED) is 0.623. The second kappa shape index (κ2) is 8.83. The highest BCUT2D eigenvalue weighted by Gasteiger charge is 2.59. The topological polar surface area (TPSA) is 70.7 Å². The Morgan fingerprint density at radius 1 is 1.00 bits per heavy atom. The van der Waals surface area contributed by atoms with Crippen molar-refractivity contribution in [3.8, 4) is 0 Å². The van der Waals surface area contributed by atoms with Crippen molar-refractivity contribution in [3.05, 3.63) is 70.8 Å². The Morgan fingerprint density at radius 3 is 2.36 bits per heavy atom. The van der Waals surface area contributed by atoms with E-state index in [0.29, 0.717) is 31.3 Å². The van der Waals surface area contributed by atoms with E-state index in [1.165, 1.54) is 23.3 Å². The standard InChI is InChI=1S/C28H31F2N3O3/c29-23-6-5-20(24(30)8-23)13-31-26(35)36-28-11-18-7-19(12-28)10-27(9-18,17-28)32-14-25(34)33-15-21-3-1-2-4-22(21)16-33/h1-6,8,18-19,32H,7,9-17H2,(H,31,35). The largest absolute Gasteiger partial charge is 0.443 e.